The number of hydrogen-bond acceptors (Lipinski definition) is 4. The molecule has 2 amide bonds. The molecule has 1 rings (SSSR count). The molecule has 8 nitrogen and oxygen atoms in total. The van der Waals surface area contributed by atoms with Crippen molar-refractivity contribution in [1.82, 2.24) is 4.90 Å². The number of nitrogens with one attached hydrogen (secondary N) is 1. The number of nitro benzene ring substituents is 1. The van der Waals surface area contributed by atoms with Gasteiger partial charge >= 0.3 is 12.0 Å². The molecule has 0 saturated carbocycles. The van der Waals surface area contributed by atoms with E-state index in [1.165, 1.54) is 18.0 Å². The largest absolute Gasteiger partial charge is 0.481 e. The quantitative estimate of drug-likeness (QED) is 0.638. The van der Waals surface area contributed by atoms with Crippen molar-refractivity contribution in [2.75, 3.05) is 18.9 Å². The number of carboxylic acid groups (broad SMARTS) is 1. The van der Waals surface area contributed by atoms with Crippen LogP contribution < -0.4 is 5.32 Å². The van der Waals surface area contributed by atoms with Gasteiger partial charge in [0.25, 0.3) is 5.69 Å². The van der Waals surface area contributed by atoms with Gasteiger partial charge in [-0.05, 0) is 19.4 Å². The van der Waals surface area contributed by atoms with Crippen LogP contribution in [0.3, 0.4) is 0 Å². The highest BCUT2D eigenvalue weighted by Gasteiger charge is 2.18. The number of amides is 2. The number of rotatable bonds is 5. The summed E-state index contributed by atoms with van der Waals surface area (Å²) in [6, 6.07) is 2.43. The highest BCUT2D eigenvalue weighted by atomic mass is 16.6. The zero-order chi connectivity index (χ0) is 16.2. The van der Waals surface area contributed by atoms with Crippen LogP contribution in [0.2, 0.25) is 0 Å². The maximum absolute atomic E-state index is 12.0. The Bertz CT molecular complexity index is 585. The van der Waals surface area contributed by atoms with E-state index in [1.807, 2.05) is 0 Å². The van der Waals surface area contributed by atoms with Crippen LogP contribution in [0.15, 0.2) is 12.1 Å². The third kappa shape index (κ3) is 4.16. The van der Waals surface area contributed by atoms with E-state index in [-0.39, 0.29) is 18.7 Å². The summed E-state index contributed by atoms with van der Waals surface area (Å²) < 4.78 is 0. The SMILES string of the molecule is Cc1ccc([N+](=O)[O-])c(C)c1NC(=O)N(C)CCC(=O)O. The molecule has 1 aromatic carbocycles. The second kappa shape index (κ2) is 6.69. The number of nitro groups is 1. The Hall–Kier alpha value is -2.64. The summed E-state index contributed by atoms with van der Waals surface area (Å²) in [4.78, 5) is 34.0. The standard InChI is InChI=1S/C13H17N3O5/c1-8-4-5-10(16(20)21)9(2)12(8)14-13(19)15(3)7-6-11(17)18/h4-5H,6-7H2,1-3H3,(H,14,19)(H,17,18). The molecule has 0 unspecified atom stereocenters. The first-order valence-corrected chi connectivity index (χ1v) is 6.22. The van der Waals surface area contributed by atoms with Gasteiger partial charge in [0.05, 0.1) is 22.6 Å². The van der Waals surface area contributed by atoms with Crippen LogP contribution in [0.25, 0.3) is 0 Å². The monoisotopic (exact) mass is 295 g/mol. The number of carboxylic acids is 1. The van der Waals surface area contributed by atoms with Crippen molar-refractivity contribution in [3.8, 4) is 0 Å². The van der Waals surface area contributed by atoms with E-state index in [0.717, 1.165) is 0 Å². The Balaban J connectivity index is 2.92. The summed E-state index contributed by atoms with van der Waals surface area (Å²) in [7, 11) is 1.46. The molecule has 0 aromatic heterocycles. The number of hydrogen-bond donors (Lipinski definition) is 2. The molecule has 2 N–H and O–H groups in total. The third-order valence-electron chi connectivity index (χ3n) is 3.08. The van der Waals surface area contributed by atoms with Gasteiger partial charge in [0.2, 0.25) is 0 Å². The molecule has 8 heteroatoms. The van der Waals surface area contributed by atoms with Crippen LogP contribution in [0.4, 0.5) is 16.2 Å². The predicted octanol–water partition coefficient (Wildman–Crippen LogP) is 2.15. The Morgan fingerprint density at radius 1 is 1.38 bits per heavy atom. The fourth-order valence-corrected chi connectivity index (χ4v) is 1.79. The lowest BCUT2D eigenvalue weighted by Crippen LogP contribution is -2.33. The van der Waals surface area contributed by atoms with Gasteiger partial charge in [-0.1, -0.05) is 6.07 Å². The molecule has 0 bridgehead atoms. The van der Waals surface area contributed by atoms with E-state index in [4.69, 9.17) is 5.11 Å². The average molecular weight is 295 g/mol. The van der Waals surface area contributed by atoms with E-state index in [0.29, 0.717) is 16.8 Å². The molecule has 21 heavy (non-hydrogen) atoms. The summed E-state index contributed by atoms with van der Waals surface area (Å²) in [6.45, 7) is 3.33. The van der Waals surface area contributed by atoms with Crippen LogP contribution in [0, 0.1) is 24.0 Å². The molecule has 0 atom stereocenters. The van der Waals surface area contributed by atoms with Gasteiger partial charge in [-0.15, -0.1) is 0 Å². The molecule has 0 saturated heterocycles. The Labute approximate surface area is 121 Å². The summed E-state index contributed by atoms with van der Waals surface area (Å²) >= 11 is 0. The summed E-state index contributed by atoms with van der Waals surface area (Å²) in [6.07, 6.45) is -0.170. The van der Waals surface area contributed by atoms with Gasteiger partial charge in [0, 0.05) is 19.7 Å². The van der Waals surface area contributed by atoms with E-state index in [1.54, 1.807) is 19.9 Å². The lowest BCUT2D eigenvalue weighted by molar-refractivity contribution is -0.385. The molecule has 0 spiro atoms. The van der Waals surface area contributed by atoms with Crippen LogP contribution in [-0.4, -0.2) is 40.5 Å². The second-order valence-electron chi connectivity index (χ2n) is 4.65. The minimum atomic E-state index is -1.00. The number of aliphatic carboxylic acids is 1. The first kappa shape index (κ1) is 16.4. The van der Waals surface area contributed by atoms with Crippen molar-refractivity contribution in [1.29, 1.82) is 0 Å². The summed E-state index contributed by atoms with van der Waals surface area (Å²) in [5, 5.41) is 22.1. The minimum Gasteiger partial charge on any atom is -0.481 e. The van der Waals surface area contributed by atoms with E-state index in [9.17, 15) is 19.7 Å². The molecule has 114 valence electrons. The number of carbonyl (C=O) groups excluding carboxylic acids is 1. The Morgan fingerprint density at radius 2 is 2.00 bits per heavy atom. The van der Waals surface area contributed by atoms with Gasteiger partial charge in [0.1, 0.15) is 0 Å². The smallest absolute Gasteiger partial charge is 0.321 e. The molecule has 0 aliphatic rings. The highest BCUT2D eigenvalue weighted by molar-refractivity contribution is 5.91. The summed E-state index contributed by atoms with van der Waals surface area (Å²) in [5.74, 6) is -1.00. The normalized spacial score (nSPS) is 10.0. The van der Waals surface area contributed by atoms with Crippen LogP contribution >= 0.6 is 0 Å². The molecule has 1 aromatic rings. The maximum atomic E-state index is 12.0. The summed E-state index contributed by atoms with van der Waals surface area (Å²) in [5.41, 5.74) is 1.35. The van der Waals surface area contributed by atoms with Crippen LogP contribution in [-0.2, 0) is 4.79 Å². The molecule has 0 aliphatic carbocycles. The first-order valence-electron chi connectivity index (χ1n) is 6.22. The van der Waals surface area contributed by atoms with E-state index >= 15 is 0 Å². The average Bonchev–Trinajstić information content (AvgIpc) is 2.39. The van der Waals surface area contributed by atoms with E-state index < -0.39 is 16.9 Å². The van der Waals surface area contributed by atoms with Crippen molar-refractivity contribution in [2.24, 2.45) is 0 Å². The fourth-order valence-electron chi connectivity index (χ4n) is 1.79. The van der Waals surface area contributed by atoms with Gasteiger partial charge in [-0.2, -0.15) is 0 Å². The lowest BCUT2D eigenvalue weighted by atomic mass is 10.1. The van der Waals surface area contributed by atoms with E-state index in [2.05, 4.69) is 5.32 Å². The van der Waals surface area contributed by atoms with Crippen molar-refractivity contribution >= 4 is 23.4 Å². The topological polar surface area (TPSA) is 113 Å². The number of carbonyl (C=O) groups is 2. The second-order valence-corrected chi connectivity index (χ2v) is 4.65. The molecule has 0 aliphatic heterocycles. The van der Waals surface area contributed by atoms with Crippen LogP contribution in [0.5, 0.6) is 0 Å². The molecule has 0 fully saturated rings. The molecular formula is C13H17N3O5. The Morgan fingerprint density at radius 3 is 2.52 bits per heavy atom. The molecule has 0 radical (unpaired) electrons. The van der Waals surface area contributed by atoms with Gasteiger partial charge in [-0.25, -0.2) is 4.79 Å². The molecule has 0 heterocycles. The van der Waals surface area contributed by atoms with Gasteiger partial charge in [0.15, 0.2) is 0 Å². The number of nitrogens with zero attached hydrogens (tertiary/aromatic N) is 2. The van der Waals surface area contributed by atoms with Gasteiger partial charge in [-0.3, -0.25) is 14.9 Å². The first-order chi connectivity index (χ1) is 9.73. The predicted molar refractivity (Wildman–Crippen MR) is 76.5 cm³/mol. The number of urea groups is 1. The van der Waals surface area contributed by atoms with Crippen LogP contribution in [0.1, 0.15) is 17.5 Å². The number of aryl methyl sites for hydroxylation is 1. The highest BCUT2D eigenvalue weighted by Crippen LogP contribution is 2.28. The van der Waals surface area contributed by atoms with Gasteiger partial charge < -0.3 is 15.3 Å². The zero-order valence-corrected chi connectivity index (χ0v) is 12.0. The zero-order valence-electron chi connectivity index (χ0n) is 12.0. The maximum Gasteiger partial charge on any atom is 0.321 e. The Kier molecular flexibility index (Phi) is 5.23. The third-order valence-corrected chi connectivity index (χ3v) is 3.08. The number of benzene rings is 1. The van der Waals surface area contributed by atoms with Crippen molar-refractivity contribution in [2.45, 2.75) is 20.3 Å². The lowest BCUT2D eigenvalue weighted by Gasteiger charge is -2.19. The van der Waals surface area contributed by atoms with Crippen molar-refractivity contribution in [3.05, 3.63) is 33.4 Å². The van der Waals surface area contributed by atoms with Crippen molar-refractivity contribution in [3.63, 3.8) is 0 Å². The van der Waals surface area contributed by atoms with Crippen molar-refractivity contribution < 1.29 is 19.6 Å². The minimum absolute atomic E-state index is 0.0498. The fraction of sp³-hybridized carbons (Fsp3) is 0.385. The molecular weight excluding hydrogens is 278 g/mol. The number of anilines is 1.